The summed E-state index contributed by atoms with van der Waals surface area (Å²) in [5, 5.41) is 6.50. The van der Waals surface area contributed by atoms with Gasteiger partial charge in [-0.15, -0.1) is 12.4 Å². The summed E-state index contributed by atoms with van der Waals surface area (Å²) in [7, 11) is 0. The molecule has 2 aliphatic rings. The van der Waals surface area contributed by atoms with E-state index >= 15 is 0 Å². The van der Waals surface area contributed by atoms with Crippen molar-refractivity contribution in [2.75, 3.05) is 19.6 Å². The van der Waals surface area contributed by atoms with Crippen LogP contribution in [0.4, 0.5) is 4.39 Å². The number of amides is 2. The summed E-state index contributed by atoms with van der Waals surface area (Å²) < 4.78 is 13.8. The Labute approximate surface area is 160 Å². The van der Waals surface area contributed by atoms with Crippen LogP contribution in [0.5, 0.6) is 0 Å². The molecule has 2 fully saturated rings. The number of carbonyl (C=O) groups excluding carboxylic acids is 2. The van der Waals surface area contributed by atoms with Crippen molar-refractivity contribution < 1.29 is 14.0 Å². The molecule has 0 radical (unpaired) electrons. The molecule has 26 heavy (non-hydrogen) atoms. The Kier molecular flexibility index (Phi) is 7.41. The van der Waals surface area contributed by atoms with Gasteiger partial charge in [-0.1, -0.05) is 12.1 Å². The lowest BCUT2D eigenvalue weighted by molar-refractivity contribution is -0.127. The van der Waals surface area contributed by atoms with Crippen LogP contribution in [0.2, 0.25) is 0 Å². The van der Waals surface area contributed by atoms with Crippen LogP contribution in [-0.2, 0) is 4.79 Å². The number of nitrogens with one attached hydrogen (secondary N) is 2. The Hall–Kier alpha value is -1.66. The Morgan fingerprint density at radius 3 is 2.54 bits per heavy atom. The third-order valence-electron chi connectivity index (χ3n) is 5.23. The molecule has 0 aliphatic carbocycles. The predicted octanol–water partition coefficient (Wildman–Crippen LogP) is 2.36. The quantitative estimate of drug-likeness (QED) is 0.842. The molecule has 7 heteroatoms. The lowest BCUT2D eigenvalue weighted by Gasteiger charge is -2.34. The number of carbonyl (C=O) groups is 2. The topological polar surface area (TPSA) is 61.4 Å². The zero-order valence-corrected chi connectivity index (χ0v) is 15.9. The van der Waals surface area contributed by atoms with Crippen LogP contribution in [0.15, 0.2) is 24.3 Å². The lowest BCUT2D eigenvalue weighted by atomic mass is 9.91. The number of benzene rings is 1. The van der Waals surface area contributed by atoms with E-state index in [0.717, 1.165) is 19.4 Å². The van der Waals surface area contributed by atoms with Gasteiger partial charge in [0.1, 0.15) is 5.82 Å². The second kappa shape index (κ2) is 9.33. The van der Waals surface area contributed by atoms with Crippen LogP contribution in [0, 0.1) is 11.7 Å². The average molecular weight is 384 g/mol. The highest BCUT2D eigenvalue weighted by molar-refractivity contribution is 5.94. The van der Waals surface area contributed by atoms with E-state index in [4.69, 9.17) is 0 Å². The van der Waals surface area contributed by atoms with Gasteiger partial charge in [-0.3, -0.25) is 9.59 Å². The largest absolute Gasteiger partial charge is 0.353 e. The lowest BCUT2D eigenvalue weighted by Crippen LogP contribution is -2.49. The first-order valence-electron chi connectivity index (χ1n) is 9.12. The standard InChI is InChI=1S/C19H26FN3O2.ClH/c1-13-12-14(6-9-21-13)18(24)22-15-7-10-23(11-8-15)19(25)16-4-2-3-5-17(16)20;/h2-5,13-15,21H,6-12H2,1H3,(H,22,24);1H/t13-,14-;/m0./s1. The second-order valence-corrected chi connectivity index (χ2v) is 7.13. The first-order valence-corrected chi connectivity index (χ1v) is 9.12. The van der Waals surface area contributed by atoms with E-state index in [1.54, 1.807) is 17.0 Å². The van der Waals surface area contributed by atoms with Gasteiger partial charge in [0.05, 0.1) is 5.56 Å². The van der Waals surface area contributed by atoms with Gasteiger partial charge >= 0.3 is 0 Å². The van der Waals surface area contributed by atoms with E-state index in [-0.39, 0.29) is 41.7 Å². The van der Waals surface area contributed by atoms with Gasteiger partial charge in [0.25, 0.3) is 5.91 Å². The first-order chi connectivity index (χ1) is 12.0. The van der Waals surface area contributed by atoms with Gasteiger partial charge in [-0.25, -0.2) is 4.39 Å². The van der Waals surface area contributed by atoms with Gasteiger partial charge < -0.3 is 15.5 Å². The van der Waals surface area contributed by atoms with E-state index in [0.29, 0.717) is 32.0 Å². The molecule has 0 saturated carbocycles. The minimum atomic E-state index is -0.483. The SMILES string of the molecule is C[C@H]1C[C@@H](C(=O)NC2CCN(C(=O)c3ccccc3F)CC2)CCN1.Cl. The fourth-order valence-corrected chi connectivity index (χ4v) is 3.72. The molecule has 2 heterocycles. The molecule has 0 spiro atoms. The molecule has 0 aromatic heterocycles. The van der Waals surface area contributed by atoms with Crippen LogP contribution in [0.25, 0.3) is 0 Å². The summed E-state index contributed by atoms with van der Waals surface area (Å²) in [6, 6.07) is 6.55. The molecule has 0 unspecified atom stereocenters. The highest BCUT2D eigenvalue weighted by atomic mass is 35.5. The molecular formula is C19H27ClFN3O2. The second-order valence-electron chi connectivity index (χ2n) is 7.13. The maximum absolute atomic E-state index is 13.8. The number of halogens is 2. The van der Waals surface area contributed by atoms with Gasteiger partial charge in [0.15, 0.2) is 0 Å². The molecule has 3 rings (SSSR count). The maximum atomic E-state index is 13.8. The first kappa shape index (κ1) is 20.6. The van der Waals surface area contributed by atoms with Crippen molar-refractivity contribution >= 4 is 24.2 Å². The van der Waals surface area contributed by atoms with E-state index in [1.807, 2.05) is 0 Å². The van der Waals surface area contributed by atoms with Crippen molar-refractivity contribution in [3.8, 4) is 0 Å². The van der Waals surface area contributed by atoms with E-state index < -0.39 is 5.82 Å². The molecule has 2 aliphatic heterocycles. The molecule has 2 atom stereocenters. The van der Waals surface area contributed by atoms with Crippen molar-refractivity contribution in [2.45, 2.75) is 44.7 Å². The van der Waals surface area contributed by atoms with Crippen LogP contribution >= 0.6 is 12.4 Å². The average Bonchev–Trinajstić information content (AvgIpc) is 2.62. The summed E-state index contributed by atoms with van der Waals surface area (Å²) in [6.07, 6.45) is 3.18. The van der Waals surface area contributed by atoms with Crippen molar-refractivity contribution in [1.82, 2.24) is 15.5 Å². The van der Waals surface area contributed by atoms with Crippen LogP contribution < -0.4 is 10.6 Å². The van der Waals surface area contributed by atoms with Crippen molar-refractivity contribution in [2.24, 2.45) is 5.92 Å². The monoisotopic (exact) mass is 383 g/mol. The van der Waals surface area contributed by atoms with E-state index in [9.17, 15) is 14.0 Å². The molecule has 2 N–H and O–H groups in total. The number of likely N-dealkylation sites (tertiary alicyclic amines) is 1. The van der Waals surface area contributed by atoms with Crippen molar-refractivity contribution in [1.29, 1.82) is 0 Å². The van der Waals surface area contributed by atoms with Crippen LogP contribution in [0.1, 0.15) is 43.0 Å². The smallest absolute Gasteiger partial charge is 0.256 e. The zero-order valence-electron chi connectivity index (χ0n) is 15.0. The molecule has 2 saturated heterocycles. The van der Waals surface area contributed by atoms with Crippen molar-refractivity contribution in [3.63, 3.8) is 0 Å². The highest BCUT2D eigenvalue weighted by Gasteiger charge is 2.29. The number of nitrogens with zero attached hydrogens (tertiary/aromatic N) is 1. The maximum Gasteiger partial charge on any atom is 0.256 e. The minimum absolute atomic E-state index is 0. The van der Waals surface area contributed by atoms with Gasteiger partial charge in [0, 0.05) is 31.1 Å². The summed E-state index contributed by atoms with van der Waals surface area (Å²) in [5.74, 6) is -0.542. The van der Waals surface area contributed by atoms with Gasteiger partial charge in [0.2, 0.25) is 5.91 Å². The molecule has 144 valence electrons. The van der Waals surface area contributed by atoms with Gasteiger partial charge in [-0.2, -0.15) is 0 Å². The molecule has 1 aromatic carbocycles. The normalized spacial score (nSPS) is 23.8. The van der Waals surface area contributed by atoms with Crippen LogP contribution in [-0.4, -0.2) is 48.4 Å². The number of rotatable bonds is 3. The van der Waals surface area contributed by atoms with E-state index in [1.165, 1.54) is 12.1 Å². The Morgan fingerprint density at radius 2 is 1.88 bits per heavy atom. The molecule has 5 nitrogen and oxygen atoms in total. The fraction of sp³-hybridized carbons (Fsp3) is 0.579. The molecule has 0 bridgehead atoms. The minimum Gasteiger partial charge on any atom is -0.353 e. The van der Waals surface area contributed by atoms with Crippen LogP contribution in [0.3, 0.4) is 0 Å². The third kappa shape index (κ3) is 4.95. The third-order valence-corrected chi connectivity index (χ3v) is 5.23. The number of piperidine rings is 2. The highest BCUT2D eigenvalue weighted by Crippen LogP contribution is 2.19. The Balaban J connectivity index is 0.00000243. The fourth-order valence-electron chi connectivity index (χ4n) is 3.72. The summed E-state index contributed by atoms with van der Waals surface area (Å²) in [4.78, 5) is 26.5. The zero-order chi connectivity index (χ0) is 17.8. The van der Waals surface area contributed by atoms with Crippen molar-refractivity contribution in [3.05, 3.63) is 35.6 Å². The Bertz CT molecular complexity index is 635. The molecule has 1 aromatic rings. The summed E-state index contributed by atoms with van der Waals surface area (Å²) >= 11 is 0. The molecular weight excluding hydrogens is 357 g/mol. The Morgan fingerprint density at radius 1 is 1.19 bits per heavy atom. The predicted molar refractivity (Wildman–Crippen MR) is 101 cm³/mol. The summed E-state index contributed by atoms with van der Waals surface area (Å²) in [6.45, 7) is 4.07. The van der Waals surface area contributed by atoms with E-state index in [2.05, 4.69) is 17.6 Å². The molecule has 2 amide bonds. The van der Waals surface area contributed by atoms with Gasteiger partial charge in [-0.05, 0) is 51.3 Å². The summed E-state index contributed by atoms with van der Waals surface area (Å²) in [5.41, 5.74) is 0.119. The number of hydrogen-bond donors (Lipinski definition) is 2. The number of hydrogen-bond acceptors (Lipinski definition) is 3.